The molecule has 1 atom stereocenters. The van der Waals surface area contributed by atoms with E-state index in [0.717, 1.165) is 28.7 Å². The van der Waals surface area contributed by atoms with Gasteiger partial charge in [-0.1, -0.05) is 42.8 Å². The molecule has 29 heavy (non-hydrogen) atoms. The number of aryl methyl sites for hydroxylation is 3. The highest BCUT2D eigenvalue weighted by atomic mass is 32.2. The van der Waals surface area contributed by atoms with Gasteiger partial charge in [-0.3, -0.25) is 9.10 Å². The summed E-state index contributed by atoms with van der Waals surface area (Å²) in [5, 5.41) is 3.02. The summed E-state index contributed by atoms with van der Waals surface area (Å²) in [6.07, 6.45) is 2.82. The van der Waals surface area contributed by atoms with E-state index in [1.807, 2.05) is 45.0 Å². The third-order valence-electron chi connectivity index (χ3n) is 5.08. The number of sulfonamides is 1. The van der Waals surface area contributed by atoms with Crippen molar-refractivity contribution in [3.8, 4) is 0 Å². The third-order valence-corrected chi connectivity index (χ3v) is 6.27. The molecule has 0 radical (unpaired) electrons. The second-order valence-electron chi connectivity index (χ2n) is 7.61. The van der Waals surface area contributed by atoms with E-state index in [9.17, 15) is 13.2 Å². The minimum Gasteiger partial charge on any atom is -0.350 e. The Kier molecular flexibility index (Phi) is 7.85. The lowest BCUT2D eigenvalue weighted by molar-refractivity contribution is -0.121. The first-order valence-electron chi connectivity index (χ1n) is 10.0. The molecule has 2 aromatic rings. The molecule has 6 heteroatoms. The van der Waals surface area contributed by atoms with Crippen molar-refractivity contribution >= 4 is 21.6 Å². The van der Waals surface area contributed by atoms with Gasteiger partial charge in [-0.25, -0.2) is 8.42 Å². The van der Waals surface area contributed by atoms with E-state index in [1.54, 1.807) is 0 Å². The lowest BCUT2D eigenvalue weighted by Crippen LogP contribution is -2.32. The first-order valence-corrected chi connectivity index (χ1v) is 11.9. The number of rotatable bonds is 9. The van der Waals surface area contributed by atoms with Crippen LogP contribution in [0, 0.1) is 13.8 Å². The topological polar surface area (TPSA) is 66.5 Å². The van der Waals surface area contributed by atoms with Gasteiger partial charge >= 0.3 is 0 Å². The Labute approximate surface area is 175 Å². The van der Waals surface area contributed by atoms with E-state index >= 15 is 0 Å². The number of hydrogen-bond donors (Lipinski definition) is 1. The average molecular weight is 417 g/mol. The number of hydrogen-bond acceptors (Lipinski definition) is 3. The van der Waals surface area contributed by atoms with Crippen LogP contribution < -0.4 is 9.62 Å². The summed E-state index contributed by atoms with van der Waals surface area (Å²) < 4.78 is 25.8. The SMILES string of the molecule is CCc1ccc(N(CCCC(=O)NC(C)c2cc(C)ccc2C)S(C)(=O)=O)cc1. The lowest BCUT2D eigenvalue weighted by atomic mass is 10.00. The molecule has 0 heterocycles. The molecule has 0 aliphatic carbocycles. The molecule has 0 bridgehead atoms. The number of anilines is 1. The Balaban J connectivity index is 1.96. The fourth-order valence-corrected chi connectivity index (χ4v) is 4.35. The number of carbonyl (C=O) groups excluding carboxylic acids is 1. The largest absolute Gasteiger partial charge is 0.350 e. The van der Waals surface area contributed by atoms with Crippen LogP contribution in [0.3, 0.4) is 0 Å². The van der Waals surface area contributed by atoms with Crippen molar-refractivity contribution in [2.75, 3.05) is 17.1 Å². The molecule has 1 amide bonds. The van der Waals surface area contributed by atoms with Crippen molar-refractivity contribution in [1.82, 2.24) is 5.32 Å². The average Bonchev–Trinajstić information content (AvgIpc) is 2.66. The van der Waals surface area contributed by atoms with Crippen LogP contribution in [-0.4, -0.2) is 27.1 Å². The van der Waals surface area contributed by atoms with Crippen molar-refractivity contribution in [1.29, 1.82) is 0 Å². The van der Waals surface area contributed by atoms with Crippen LogP contribution in [0.2, 0.25) is 0 Å². The maximum absolute atomic E-state index is 12.4. The summed E-state index contributed by atoms with van der Waals surface area (Å²) in [5.74, 6) is -0.0758. The van der Waals surface area contributed by atoms with Gasteiger partial charge in [-0.05, 0) is 62.4 Å². The van der Waals surface area contributed by atoms with Gasteiger partial charge in [0.15, 0.2) is 0 Å². The summed E-state index contributed by atoms with van der Waals surface area (Å²) in [4.78, 5) is 12.4. The predicted molar refractivity (Wildman–Crippen MR) is 120 cm³/mol. The minimum absolute atomic E-state index is 0.0758. The summed E-state index contributed by atoms with van der Waals surface area (Å²) in [6.45, 7) is 8.37. The van der Waals surface area contributed by atoms with E-state index in [0.29, 0.717) is 12.1 Å². The highest BCUT2D eigenvalue weighted by molar-refractivity contribution is 7.92. The van der Waals surface area contributed by atoms with Crippen LogP contribution in [0.25, 0.3) is 0 Å². The molecule has 0 aliphatic heterocycles. The van der Waals surface area contributed by atoms with Gasteiger partial charge in [-0.2, -0.15) is 0 Å². The molecule has 0 fully saturated rings. The summed E-state index contributed by atoms with van der Waals surface area (Å²) in [5.41, 5.74) is 5.19. The maximum Gasteiger partial charge on any atom is 0.232 e. The van der Waals surface area contributed by atoms with Crippen LogP contribution in [0.5, 0.6) is 0 Å². The summed E-state index contributed by atoms with van der Waals surface area (Å²) >= 11 is 0. The molecule has 0 aromatic heterocycles. The number of carbonyl (C=O) groups is 1. The standard InChI is InChI=1S/C23H32N2O3S/c1-6-20-11-13-21(14-12-20)25(29(5,27)28)15-7-8-23(26)24-19(4)22-16-17(2)9-10-18(22)3/h9-14,16,19H,6-8,15H2,1-5H3,(H,24,26). The highest BCUT2D eigenvalue weighted by Gasteiger charge is 2.18. The van der Waals surface area contributed by atoms with E-state index in [2.05, 4.69) is 30.4 Å². The van der Waals surface area contributed by atoms with Crippen LogP contribution in [0.1, 0.15) is 55.0 Å². The Bertz CT molecular complexity index is 937. The first kappa shape index (κ1) is 22.9. The van der Waals surface area contributed by atoms with Gasteiger partial charge in [0.05, 0.1) is 18.0 Å². The number of benzene rings is 2. The minimum atomic E-state index is -3.41. The number of nitrogens with one attached hydrogen (secondary N) is 1. The predicted octanol–water partition coefficient (Wildman–Crippen LogP) is 4.29. The molecule has 2 aromatic carbocycles. The zero-order valence-electron chi connectivity index (χ0n) is 18.0. The molecular weight excluding hydrogens is 384 g/mol. The Morgan fingerprint density at radius 3 is 2.34 bits per heavy atom. The van der Waals surface area contributed by atoms with Gasteiger partial charge in [0.25, 0.3) is 0 Å². The third kappa shape index (κ3) is 6.60. The number of amides is 1. The van der Waals surface area contributed by atoms with Crippen LogP contribution in [0.4, 0.5) is 5.69 Å². The molecule has 2 rings (SSSR count). The van der Waals surface area contributed by atoms with Crippen LogP contribution in [-0.2, 0) is 21.2 Å². The molecular formula is C23H32N2O3S. The number of nitrogens with zero attached hydrogens (tertiary/aromatic N) is 1. The van der Waals surface area contributed by atoms with Gasteiger partial charge in [0.1, 0.15) is 0 Å². The monoisotopic (exact) mass is 416 g/mol. The van der Waals surface area contributed by atoms with E-state index in [1.165, 1.54) is 10.6 Å². The summed E-state index contributed by atoms with van der Waals surface area (Å²) in [7, 11) is -3.41. The van der Waals surface area contributed by atoms with Crippen molar-refractivity contribution in [2.45, 2.75) is 53.0 Å². The normalized spacial score (nSPS) is 12.4. The zero-order chi connectivity index (χ0) is 21.6. The molecule has 1 N–H and O–H groups in total. The van der Waals surface area contributed by atoms with Crippen molar-refractivity contribution in [3.63, 3.8) is 0 Å². The van der Waals surface area contributed by atoms with Gasteiger partial charge in [-0.15, -0.1) is 0 Å². The van der Waals surface area contributed by atoms with Gasteiger partial charge in [0.2, 0.25) is 15.9 Å². The van der Waals surface area contributed by atoms with Gasteiger partial charge in [0, 0.05) is 13.0 Å². The smallest absolute Gasteiger partial charge is 0.232 e. The zero-order valence-corrected chi connectivity index (χ0v) is 18.8. The molecule has 5 nitrogen and oxygen atoms in total. The van der Waals surface area contributed by atoms with E-state index < -0.39 is 10.0 Å². The van der Waals surface area contributed by atoms with Crippen molar-refractivity contribution < 1.29 is 13.2 Å². The van der Waals surface area contributed by atoms with E-state index in [4.69, 9.17) is 0 Å². The Morgan fingerprint density at radius 1 is 1.10 bits per heavy atom. The first-order chi connectivity index (χ1) is 13.6. The molecule has 0 saturated heterocycles. The fourth-order valence-electron chi connectivity index (χ4n) is 3.39. The quantitative estimate of drug-likeness (QED) is 0.663. The molecule has 1 unspecified atom stereocenters. The summed E-state index contributed by atoms with van der Waals surface area (Å²) in [6, 6.07) is 13.6. The Morgan fingerprint density at radius 2 is 1.76 bits per heavy atom. The van der Waals surface area contributed by atoms with Crippen LogP contribution >= 0.6 is 0 Å². The van der Waals surface area contributed by atoms with E-state index in [-0.39, 0.29) is 24.9 Å². The molecule has 0 saturated carbocycles. The molecule has 0 spiro atoms. The van der Waals surface area contributed by atoms with Crippen LogP contribution in [0.15, 0.2) is 42.5 Å². The Hall–Kier alpha value is -2.34. The molecule has 158 valence electrons. The fraction of sp³-hybridized carbons (Fsp3) is 0.435. The van der Waals surface area contributed by atoms with Crippen molar-refractivity contribution in [3.05, 3.63) is 64.7 Å². The highest BCUT2D eigenvalue weighted by Crippen LogP contribution is 2.21. The van der Waals surface area contributed by atoms with Crippen molar-refractivity contribution in [2.24, 2.45) is 0 Å². The molecule has 0 aliphatic rings. The second kappa shape index (κ2) is 9.92. The lowest BCUT2D eigenvalue weighted by Gasteiger charge is -2.23. The maximum atomic E-state index is 12.4. The van der Waals surface area contributed by atoms with Gasteiger partial charge < -0.3 is 5.32 Å². The second-order valence-corrected chi connectivity index (χ2v) is 9.51.